The van der Waals surface area contributed by atoms with Gasteiger partial charge in [0.25, 0.3) is 0 Å². The molecular formula is C49H35FO9. The number of esters is 4. The Kier molecular flexibility index (Phi) is 15.5. The first kappa shape index (κ1) is 43.3. The third-order valence-electron chi connectivity index (χ3n) is 7.69. The van der Waals surface area contributed by atoms with E-state index in [1.165, 1.54) is 26.6 Å². The summed E-state index contributed by atoms with van der Waals surface area (Å²) < 4.78 is 42.3. The first-order valence-electron chi connectivity index (χ1n) is 17.4. The summed E-state index contributed by atoms with van der Waals surface area (Å²) in [5.41, 5.74) is 3.94. The van der Waals surface area contributed by atoms with E-state index in [4.69, 9.17) is 23.7 Å². The highest BCUT2D eigenvalue weighted by Crippen LogP contribution is 2.38. The molecule has 0 fully saturated rings. The molecule has 0 N–H and O–H groups in total. The molecule has 4 aromatic carbocycles. The Labute approximate surface area is 341 Å². The zero-order valence-corrected chi connectivity index (χ0v) is 32.3. The second kappa shape index (κ2) is 21.1. The minimum atomic E-state index is -0.980. The van der Waals surface area contributed by atoms with Gasteiger partial charge < -0.3 is 23.7 Å². The summed E-state index contributed by atoms with van der Waals surface area (Å²) in [6, 6.07) is 21.3. The lowest BCUT2D eigenvalue weighted by Crippen LogP contribution is -2.10. The molecule has 0 atom stereocenters. The first-order valence-corrected chi connectivity index (χ1v) is 17.4. The maximum absolute atomic E-state index is 16.5. The van der Waals surface area contributed by atoms with Crippen molar-refractivity contribution in [1.82, 2.24) is 0 Å². The van der Waals surface area contributed by atoms with Gasteiger partial charge in [-0.15, -0.1) is 0 Å². The van der Waals surface area contributed by atoms with Crippen molar-refractivity contribution in [3.8, 4) is 58.3 Å². The fourth-order valence-electron chi connectivity index (χ4n) is 4.66. The summed E-state index contributed by atoms with van der Waals surface area (Å²) in [6.07, 6.45) is 9.71. The summed E-state index contributed by atoms with van der Waals surface area (Å²) >= 11 is 0. The molecule has 0 aliphatic rings. The van der Waals surface area contributed by atoms with E-state index in [2.05, 4.69) is 62.0 Å². The summed E-state index contributed by atoms with van der Waals surface area (Å²) in [5, 5.41) is 0. The highest BCUT2D eigenvalue weighted by molar-refractivity contribution is 5.88. The number of hydrogen-bond donors (Lipinski definition) is 0. The van der Waals surface area contributed by atoms with Crippen LogP contribution in [0.4, 0.5) is 4.39 Å². The van der Waals surface area contributed by atoms with Crippen molar-refractivity contribution in [1.29, 1.82) is 0 Å². The first-order chi connectivity index (χ1) is 28.3. The van der Waals surface area contributed by atoms with E-state index in [-0.39, 0.29) is 28.0 Å². The third-order valence-corrected chi connectivity index (χ3v) is 7.69. The maximum atomic E-state index is 16.5. The molecule has 10 heteroatoms. The summed E-state index contributed by atoms with van der Waals surface area (Å²) in [5.74, 6) is 9.33. The van der Waals surface area contributed by atoms with E-state index in [0.717, 1.165) is 28.8 Å². The summed E-state index contributed by atoms with van der Waals surface area (Å²) in [7, 11) is 1.21. The van der Waals surface area contributed by atoms with Crippen molar-refractivity contribution in [2.75, 3.05) is 7.11 Å². The van der Waals surface area contributed by atoms with Gasteiger partial charge in [-0.2, -0.15) is 0 Å². The number of halogens is 1. The fraction of sp³-hybridized carbons (Fsp3) is 0.0612. The van der Waals surface area contributed by atoms with E-state index in [0.29, 0.717) is 22.3 Å². The van der Waals surface area contributed by atoms with Crippen LogP contribution in [0.5, 0.6) is 11.5 Å². The van der Waals surface area contributed by atoms with Crippen molar-refractivity contribution in [3.63, 3.8) is 0 Å². The van der Waals surface area contributed by atoms with Gasteiger partial charge in [-0.1, -0.05) is 98.5 Å². The minimum absolute atomic E-state index is 0.195. The zero-order valence-electron chi connectivity index (χ0n) is 32.3. The molecule has 0 aromatic heterocycles. The lowest BCUT2D eigenvalue weighted by Gasteiger charge is -2.15. The molecule has 0 amide bonds. The van der Waals surface area contributed by atoms with Gasteiger partial charge in [0.15, 0.2) is 17.3 Å². The van der Waals surface area contributed by atoms with Crippen LogP contribution in [0.3, 0.4) is 0 Å². The highest BCUT2D eigenvalue weighted by atomic mass is 19.1. The highest BCUT2D eigenvalue weighted by Gasteiger charge is 2.26. The van der Waals surface area contributed by atoms with Gasteiger partial charge in [0.05, 0.1) is 30.8 Å². The van der Waals surface area contributed by atoms with Crippen LogP contribution in [0, 0.1) is 41.5 Å². The molecular weight excluding hydrogens is 752 g/mol. The molecule has 0 bridgehead atoms. The largest absolute Gasteiger partial charge is 0.492 e. The van der Waals surface area contributed by atoms with Crippen LogP contribution in [-0.4, -0.2) is 31.0 Å². The number of carbonyl (C=O) groups is 4. The zero-order chi connectivity index (χ0) is 42.9. The van der Waals surface area contributed by atoms with E-state index in [1.54, 1.807) is 55.5 Å². The van der Waals surface area contributed by atoms with Crippen LogP contribution in [0.25, 0.3) is 23.3 Å². The molecule has 0 radical (unpaired) electrons. The number of rotatable bonds is 11. The number of benzene rings is 4. The number of hydrogen-bond acceptors (Lipinski definition) is 9. The van der Waals surface area contributed by atoms with E-state index in [1.807, 2.05) is 36.4 Å². The molecule has 0 unspecified atom stereocenters. The molecule has 59 heavy (non-hydrogen) atoms. The quantitative estimate of drug-likeness (QED) is 0.0368. The standard InChI is InChI=1S/C49H35FO9/c1-8-43(51)56-31-28-41-40(24-18-35-14-20-38(21-15-35)39-22-16-37(17-23-39)27-30-58-49(54)33(5)6)45(50)47(55-7)42(46(41)59-44(52)9-2)25-19-34-10-12-36(13-11-34)26-29-57-48(53)32(3)4/h8-17,20-23,26-27,29-30H,1-3,5H2,4,6-7H3/b29-26+,30-27+. The second-order valence-corrected chi connectivity index (χ2v) is 12.1. The Bertz CT molecular complexity index is 2590. The molecule has 9 nitrogen and oxygen atoms in total. The predicted molar refractivity (Wildman–Crippen MR) is 222 cm³/mol. The van der Waals surface area contributed by atoms with Crippen LogP contribution in [0.1, 0.15) is 52.8 Å². The minimum Gasteiger partial charge on any atom is -0.492 e. The summed E-state index contributed by atoms with van der Waals surface area (Å²) in [4.78, 5) is 47.7. The second-order valence-electron chi connectivity index (χ2n) is 12.1. The molecule has 0 heterocycles. The lowest BCUT2D eigenvalue weighted by molar-refractivity contribution is -0.134. The molecule has 0 saturated carbocycles. The van der Waals surface area contributed by atoms with Crippen molar-refractivity contribution >= 4 is 36.0 Å². The topological polar surface area (TPSA) is 114 Å². The molecule has 4 aromatic rings. The Hall–Kier alpha value is -8.39. The fourth-order valence-corrected chi connectivity index (χ4v) is 4.66. The average molecular weight is 787 g/mol. The molecule has 0 aliphatic heterocycles. The Balaban J connectivity index is 1.75. The normalized spacial score (nSPS) is 10.0. The number of carbonyl (C=O) groups excluding carboxylic acids is 4. The molecule has 292 valence electrons. The van der Waals surface area contributed by atoms with Crippen LogP contribution >= 0.6 is 0 Å². The van der Waals surface area contributed by atoms with Gasteiger partial charge in [-0.3, -0.25) is 0 Å². The summed E-state index contributed by atoms with van der Waals surface area (Å²) in [6.45, 7) is 16.9. The average Bonchev–Trinajstić information content (AvgIpc) is 3.24. The molecule has 4 rings (SSSR count). The van der Waals surface area contributed by atoms with E-state index in [9.17, 15) is 19.2 Å². The third kappa shape index (κ3) is 12.3. The Morgan fingerprint density at radius 3 is 1.53 bits per heavy atom. The smallest absolute Gasteiger partial charge is 0.344 e. The van der Waals surface area contributed by atoms with Gasteiger partial charge in [0.2, 0.25) is 0 Å². The van der Waals surface area contributed by atoms with Gasteiger partial charge in [0.1, 0.15) is 11.7 Å². The maximum Gasteiger partial charge on any atom is 0.344 e. The molecule has 0 aliphatic carbocycles. The van der Waals surface area contributed by atoms with Crippen molar-refractivity contribution in [3.05, 3.63) is 180 Å². The van der Waals surface area contributed by atoms with E-state index < -0.39 is 35.4 Å². The van der Waals surface area contributed by atoms with Crippen LogP contribution < -0.4 is 9.47 Å². The van der Waals surface area contributed by atoms with Crippen molar-refractivity contribution in [2.45, 2.75) is 13.8 Å². The van der Waals surface area contributed by atoms with Gasteiger partial charge in [0, 0.05) is 34.4 Å². The predicted octanol–water partition coefficient (Wildman–Crippen LogP) is 8.61. The monoisotopic (exact) mass is 786 g/mol. The molecule has 0 spiro atoms. The van der Waals surface area contributed by atoms with Crippen LogP contribution in [-0.2, 0) is 33.4 Å². The van der Waals surface area contributed by atoms with Crippen molar-refractivity contribution < 1.29 is 47.3 Å². The van der Waals surface area contributed by atoms with Gasteiger partial charge in [-0.25, -0.2) is 23.6 Å². The Morgan fingerprint density at radius 2 is 1.05 bits per heavy atom. The lowest BCUT2D eigenvalue weighted by atomic mass is 9.99. The number of ether oxygens (including phenoxy) is 5. The van der Waals surface area contributed by atoms with Crippen LogP contribution in [0.15, 0.2) is 135 Å². The van der Waals surface area contributed by atoms with Crippen molar-refractivity contribution in [2.24, 2.45) is 0 Å². The van der Waals surface area contributed by atoms with E-state index >= 15 is 4.39 Å². The molecule has 0 saturated heterocycles. The van der Waals surface area contributed by atoms with Gasteiger partial charge in [-0.05, 0) is 78.4 Å². The SMILES string of the molecule is C=CC(=O)OC#Cc1c(C#Cc2ccc(-c3ccc(/C=C/OC(=O)C(=C)C)cc3)cc2)c(F)c(OC)c(C#Cc2ccc(/C=C/OC(=O)C(=C)C)cc2)c1OC(=O)C=C. The Morgan fingerprint density at radius 1 is 0.593 bits per heavy atom. The van der Waals surface area contributed by atoms with Crippen LogP contribution in [0.2, 0.25) is 0 Å². The number of methoxy groups -OCH3 is 1. The van der Waals surface area contributed by atoms with Gasteiger partial charge >= 0.3 is 23.9 Å².